The van der Waals surface area contributed by atoms with Crippen molar-refractivity contribution in [3.05, 3.63) is 0 Å². The van der Waals surface area contributed by atoms with Crippen LogP contribution in [-0.4, -0.2) is 108 Å². The van der Waals surface area contributed by atoms with E-state index in [1.165, 1.54) is 44.9 Å². The number of hydrogen-bond acceptors (Lipinski definition) is 11. The molecule has 0 aliphatic heterocycles. The number of amides is 1. The fourth-order valence-corrected chi connectivity index (χ4v) is 7.03. The predicted molar refractivity (Wildman–Crippen MR) is 183 cm³/mol. The largest absolute Gasteiger partial charge is 0.472 e. The molecule has 1 aliphatic rings. The van der Waals surface area contributed by atoms with Crippen molar-refractivity contribution in [3.8, 4) is 0 Å². The topological polar surface area (TPSA) is 226 Å². The van der Waals surface area contributed by atoms with E-state index in [1.807, 2.05) is 0 Å². The smallest absolute Gasteiger partial charge is 0.393 e. The van der Waals surface area contributed by atoms with Crippen molar-refractivity contribution in [2.75, 3.05) is 6.61 Å². The summed E-state index contributed by atoms with van der Waals surface area (Å²) >= 11 is 0. The molecule has 286 valence electrons. The first kappa shape index (κ1) is 45.3. The van der Waals surface area contributed by atoms with Gasteiger partial charge in [0.1, 0.15) is 36.6 Å². The maximum absolute atomic E-state index is 12.8. The van der Waals surface area contributed by atoms with Gasteiger partial charge in [-0.05, 0) is 12.8 Å². The van der Waals surface area contributed by atoms with Gasteiger partial charge in [0, 0.05) is 0 Å². The molecule has 1 rings (SSSR count). The number of carbonyl (C=O) groups is 1. The molecule has 1 aliphatic carbocycles. The number of aliphatic hydroxyl groups is 7. The molecule has 0 bridgehead atoms. The Morgan fingerprint density at radius 1 is 0.646 bits per heavy atom. The zero-order chi connectivity index (χ0) is 36.0. The molecule has 0 radical (unpaired) electrons. The molecule has 0 aromatic carbocycles. The lowest BCUT2D eigenvalue weighted by molar-refractivity contribution is -0.220. The van der Waals surface area contributed by atoms with Gasteiger partial charge in [-0.25, -0.2) is 4.57 Å². The molecule has 13 nitrogen and oxygen atoms in total. The number of aliphatic hydroxyl groups excluding tert-OH is 7. The second-order valence-corrected chi connectivity index (χ2v) is 15.0. The Balaban J connectivity index is 2.61. The van der Waals surface area contributed by atoms with Gasteiger partial charge in [0.2, 0.25) is 5.91 Å². The fourth-order valence-electron chi connectivity index (χ4n) is 6.07. The van der Waals surface area contributed by atoms with Crippen LogP contribution in [0.25, 0.3) is 0 Å². The maximum Gasteiger partial charge on any atom is 0.472 e. The van der Waals surface area contributed by atoms with E-state index in [0.29, 0.717) is 12.8 Å². The van der Waals surface area contributed by atoms with Gasteiger partial charge in [-0.3, -0.25) is 13.8 Å². The quantitative estimate of drug-likeness (QED) is 0.0399. The number of phosphoric acid groups is 1. The second kappa shape index (κ2) is 26.1. The Kier molecular flexibility index (Phi) is 24.7. The fraction of sp³-hybridized carbons (Fsp3) is 0.971. The SMILES string of the molecule is CCCCCCCCCCCCCC(O)CC(=O)NC(COP(=O)(O)OC1C(O)C(O)C(O)C(O)C1O)C(O)CCCCCCCCC. The summed E-state index contributed by atoms with van der Waals surface area (Å²) in [5.41, 5.74) is 0. The summed E-state index contributed by atoms with van der Waals surface area (Å²) in [5.74, 6) is -0.565. The molecule has 0 saturated heterocycles. The standard InChI is InChI=1S/C34H68NO12P/c1-3-5-7-9-11-12-13-14-16-17-19-21-25(36)23-28(38)35-26(27(37)22-20-18-15-10-8-6-4-2)24-46-48(44,45)47-34-32(42)30(40)29(39)31(41)33(34)43/h25-27,29-34,36-37,39-43H,3-24H2,1-2H3,(H,35,38)(H,44,45). The second-order valence-electron chi connectivity index (χ2n) is 13.6. The van der Waals surface area contributed by atoms with Gasteiger partial charge in [-0.15, -0.1) is 0 Å². The maximum atomic E-state index is 12.8. The van der Waals surface area contributed by atoms with Crippen molar-refractivity contribution in [2.45, 2.75) is 204 Å². The summed E-state index contributed by atoms with van der Waals surface area (Å²) in [7, 11) is -5.09. The average Bonchev–Trinajstić information content (AvgIpc) is 3.05. The molecule has 0 aromatic heterocycles. The Bertz CT molecular complexity index is 854. The summed E-state index contributed by atoms with van der Waals surface area (Å²) in [4.78, 5) is 23.2. The predicted octanol–water partition coefficient (Wildman–Crippen LogP) is 3.75. The normalized spacial score (nSPS) is 26.1. The van der Waals surface area contributed by atoms with Gasteiger partial charge in [0.25, 0.3) is 0 Å². The Labute approximate surface area is 288 Å². The molecule has 0 spiro atoms. The minimum atomic E-state index is -5.09. The molecule has 1 fully saturated rings. The first-order valence-electron chi connectivity index (χ1n) is 18.6. The molecule has 1 saturated carbocycles. The number of phosphoric ester groups is 1. The van der Waals surface area contributed by atoms with Crippen molar-refractivity contribution in [3.63, 3.8) is 0 Å². The lowest BCUT2D eigenvalue weighted by Gasteiger charge is -2.41. The van der Waals surface area contributed by atoms with E-state index in [4.69, 9.17) is 9.05 Å². The molecule has 48 heavy (non-hydrogen) atoms. The van der Waals surface area contributed by atoms with Crippen molar-refractivity contribution >= 4 is 13.7 Å². The van der Waals surface area contributed by atoms with Crippen LogP contribution in [0.4, 0.5) is 0 Å². The van der Waals surface area contributed by atoms with E-state index in [1.54, 1.807) is 0 Å². The highest BCUT2D eigenvalue weighted by atomic mass is 31.2. The third-order valence-corrected chi connectivity index (χ3v) is 10.2. The number of rotatable bonds is 29. The van der Waals surface area contributed by atoms with Gasteiger partial charge < -0.3 is 46.0 Å². The molecular weight excluding hydrogens is 645 g/mol. The number of unbranched alkanes of at least 4 members (excludes halogenated alkanes) is 16. The third kappa shape index (κ3) is 19.1. The Morgan fingerprint density at radius 2 is 1.04 bits per heavy atom. The Hall–Kier alpha value is -0.700. The summed E-state index contributed by atoms with van der Waals surface area (Å²) < 4.78 is 22.7. The molecule has 9 N–H and O–H groups in total. The van der Waals surface area contributed by atoms with Gasteiger partial charge in [-0.1, -0.05) is 129 Å². The Morgan fingerprint density at radius 3 is 1.50 bits per heavy atom. The van der Waals surface area contributed by atoms with E-state index < -0.39 is 75.2 Å². The first-order chi connectivity index (χ1) is 22.8. The van der Waals surface area contributed by atoms with Crippen molar-refractivity contribution < 1.29 is 59.0 Å². The van der Waals surface area contributed by atoms with Crippen LogP contribution >= 0.6 is 7.82 Å². The number of nitrogens with one attached hydrogen (secondary N) is 1. The third-order valence-electron chi connectivity index (χ3n) is 9.22. The molecular formula is C34H68NO12P. The molecule has 8 unspecified atom stereocenters. The van der Waals surface area contributed by atoms with Gasteiger partial charge in [-0.2, -0.15) is 0 Å². The summed E-state index contributed by atoms with van der Waals surface area (Å²) in [6.07, 6.45) is 6.46. The van der Waals surface area contributed by atoms with Crippen LogP contribution in [0.5, 0.6) is 0 Å². The van der Waals surface area contributed by atoms with E-state index in [2.05, 4.69) is 19.2 Å². The number of carbonyl (C=O) groups excluding carboxylic acids is 1. The zero-order valence-corrected chi connectivity index (χ0v) is 30.3. The lowest BCUT2D eigenvalue weighted by Crippen LogP contribution is -2.64. The van der Waals surface area contributed by atoms with Crippen LogP contribution in [0.15, 0.2) is 0 Å². The van der Waals surface area contributed by atoms with Gasteiger partial charge in [0.05, 0.1) is 31.3 Å². The molecule has 0 heterocycles. The van der Waals surface area contributed by atoms with Crippen LogP contribution in [0.3, 0.4) is 0 Å². The summed E-state index contributed by atoms with van der Waals surface area (Å²) in [5, 5.41) is 73.8. The van der Waals surface area contributed by atoms with E-state index in [9.17, 15) is 50.0 Å². The van der Waals surface area contributed by atoms with Crippen molar-refractivity contribution in [1.82, 2.24) is 5.32 Å². The van der Waals surface area contributed by atoms with Crippen LogP contribution in [0.2, 0.25) is 0 Å². The highest BCUT2D eigenvalue weighted by molar-refractivity contribution is 7.47. The van der Waals surface area contributed by atoms with E-state index in [-0.39, 0.29) is 12.8 Å². The lowest BCUT2D eigenvalue weighted by atomic mass is 9.85. The molecule has 8 atom stereocenters. The summed E-state index contributed by atoms with van der Waals surface area (Å²) in [6.45, 7) is 3.67. The van der Waals surface area contributed by atoms with Crippen molar-refractivity contribution in [1.29, 1.82) is 0 Å². The van der Waals surface area contributed by atoms with E-state index >= 15 is 0 Å². The monoisotopic (exact) mass is 713 g/mol. The van der Waals surface area contributed by atoms with Crippen LogP contribution < -0.4 is 5.32 Å². The molecule has 1 amide bonds. The first-order valence-corrected chi connectivity index (χ1v) is 20.1. The minimum absolute atomic E-state index is 0.218. The zero-order valence-electron chi connectivity index (χ0n) is 29.4. The van der Waals surface area contributed by atoms with Gasteiger partial charge >= 0.3 is 7.82 Å². The van der Waals surface area contributed by atoms with Crippen LogP contribution in [0.1, 0.15) is 149 Å². The molecule has 0 aromatic rings. The van der Waals surface area contributed by atoms with Crippen LogP contribution in [0, 0.1) is 0 Å². The van der Waals surface area contributed by atoms with E-state index in [0.717, 1.165) is 64.2 Å². The highest BCUT2D eigenvalue weighted by Crippen LogP contribution is 2.47. The van der Waals surface area contributed by atoms with Crippen molar-refractivity contribution in [2.24, 2.45) is 0 Å². The highest BCUT2D eigenvalue weighted by Gasteiger charge is 2.51. The molecule has 14 heteroatoms. The minimum Gasteiger partial charge on any atom is -0.393 e. The number of hydrogen-bond donors (Lipinski definition) is 9. The van der Waals surface area contributed by atoms with Gasteiger partial charge in [0.15, 0.2) is 0 Å². The average molecular weight is 714 g/mol. The van der Waals surface area contributed by atoms with Crippen LogP contribution in [-0.2, 0) is 18.4 Å². The summed E-state index contributed by atoms with van der Waals surface area (Å²) in [6, 6.07) is -1.14.